The van der Waals surface area contributed by atoms with Gasteiger partial charge >= 0.3 is 0 Å². The molecule has 0 aliphatic carbocycles. The number of likely N-dealkylation sites (tertiary alicyclic amines) is 1. The fraction of sp³-hybridized carbons (Fsp3) is 0.222. The standard InChI is InChI=1S/C27H26N2O4/c1-17(2)33-21-13-11-19(12-14-21)25(30)23-24(22-10-5-4-8-18(22)3)29(27(32)26(23)31)16-20-9-6-7-15-28-20/h4-15,17,24,30H,16H2,1-3H3/b25-23+. The molecule has 0 bridgehead atoms. The second kappa shape index (κ2) is 9.28. The average molecular weight is 443 g/mol. The van der Waals surface area contributed by atoms with Crippen molar-refractivity contribution in [1.82, 2.24) is 9.88 Å². The van der Waals surface area contributed by atoms with Gasteiger partial charge < -0.3 is 14.7 Å². The highest BCUT2D eigenvalue weighted by molar-refractivity contribution is 6.46. The quantitative estimate of drug-likeness (QED) is 0.337. The minimum Gasteiger partial charge on any atom is -0.507 e. The Balaban J connectivity index is 1.82. The molecule has 6 heteroatoms. The van der Waals surface area contributed by atoms with Crippen LogP contribution in [0.25, 0.3) is 5.76 Å². The molecule has 0 spiro atoms. The van der Waals surface area contributed by atoms with Crippen LogP contribution in [0.3, 0.4) is 0 Å². The largest absolute Gasteiger partial charge is 0.507 e. The van der Waals surface area contributed by atoms with E-state index in [1.54, 1.807) is 36.5 Å². The van der Waals surface area contributed by atoms with Gasteiger partial charge in [0.05, 0.1) is 30.0 Å². The third-order valence-electron chi connectivity index (χ3n) is 5.58. The summed E-state index contributed by atoms with van der Waals surface area (Å²) in [6.07, 6.45) is 1.66. The average Bonchev–Trinajstić information content (AvgIpc) is 3.04. The molecule has 1 N–H and O–H groups in total. The van der Waals surface area contributed by atoms with Crippen molar-refractivity contribution >= 4 is 17.4 Å². The number of aryl methyl sites for hydroxylation is 1. The summed E-state index contributed by atoms with van der Waals surface area (Å²) in [7, 11) is 0. The van der Waals surface area contributed by atoms with Gasteiger partial charge in [-0.25, -0.2) is 0 Å². The molecule has 1 aliphatic heterocycles. The van der Waals surface area contributed by atoms with Crippen molar-refractivity contribution in [3.05, 3.63) is 101 Å². The number of aromatic nitrogens is 1. The first kappa shape index (κ1) is 22.3. The molecule has 2 aromatic carbocycles. The van der Waals surface area contributed by atoms with Crippen LogP contribution in [0.4, 0.5) is 0 Å². The zero-order valence-electron chi connectivity index (χ0n) is 18.9. The van der Waals surface area contributed by atoms with E-state index in [9.17, 15) is 14.7 Å². The van der Waals surface area contributed by atoms with Crippen LogP contribution >= 0.6 is 0 Å². The van der Waals surface area contributed by atoms with Crippen LogP contribution in [-0.4, -0.2) is 32.8 Å². The van der Waals surface area contributed by atoms with Gasteiger partial charge in [0.1, 0.15) is 11.5 Å². The number of amides is 1. The summed E-state index contributed by atoms with van der Waals surface area (Å²) in [5.41, 5.74) is 2.88. The summed E-state index contributed by atoms with van der Waals surface area (Å²) in [6.45, 7) is 5.94. The maximum Gasteiger partial charge on any atom is 0.296 e. The Labute approximate surface area is 193 Å². The number of pyridine rings is 1. The molecule has 1 fully saturated rings. The first-order valence-corrected chi connectivity index (χ1v) is 10.9. The van der Waals surface area contributed by atoms with Crippen LogP contribution in [-0.2, 0) is 16.1 Å². The van der Waals surface area contributed by atoms with Crippen LogP contribution in [0.1, 0.15) is 42.3 Å². The third kappa shape index (κ3) is 4.51. The fourth-order valence-corrected chi connectivity index (χ4v) is 4.05. The van der Waals surface area contributed by atoms with E-state index in [1.165, 1.54) is 4.90 Å². The zero-order valence-corrected chi connectivity index (χ0v) is 18.9. The van der Waals surface area contributed by atoms with E-state index in [2.05, 4.69) is 4.98 Å². The molecule has 1 aromatic heterocycles. The van der Waals surface area contributed by atoms with Crippen molar-refractivity contribution in [2.24, 2.45) is 0 Å². The molecular weight excluding hydrogens is 416 g/mol. The van der Waals surface area contributed by atoms with Crippen molar-refractivity contribution in [3.8, 4) is 5.75 Å². The fourth-order valence-electron chi connectivity index (χ4n) is 4.05. The Morgan fingerprint density at radius 2 is 1.73 bits per heavy atom. The second-order valence-electron chi connectivity index (χ2n) is 8.30. The maximum absolute atomic E-state index is 13.2. The second-order valence-corrected chi connectivity index (χ2v) is 8.30. The molecule has 1 saturated heterocycles. The number of ether oxygens (including phenoxy) is 1. The van der Waals surface area contributed by atoms with Crippen molar-refractivity contribution in [2.75, 3.05) is 0 Å². The van der Waals surface area contributed by atoms with Crippen LogP contribution in [0.15, 0.2) is 78.5 Å². The highest BCUT2D eigenvalue weighted by Gasteiger charge is 2.46. The van der Waals surface area contributed by atoms with E-state index in [4.69, 9.17) is 4.74 Å². The highest BCUT2D eigenvalue weighted by atomic mass is 16.5. The number of benzene rings is 2. The van der Waals surface area contributed by atoms with E-state index in [0.29, 0.717) is 17.0 Å². The van der Waals surface area contributed by atoms with E-state index in [0.717, 1.165) is 11.1 Å². The van der Waals surface area contributed by atoms with Gasteiger partial charge in [-0.3, -0.25) is 14.6 Å². The number of aliphatic hydroxyl groups is 1. The molecule has 1 amide bonds. The number of hydrogen-bond acceptors (Lipinski definition) is 5. The third-order valence-corrected chi connectivity index (χ3v) is 5.58. The Kier molecular flexibility index (Phi) is 6.27. The number of carbonyl (C=O) groups excluding carboxylic acids is 2. The molecule has 33 heavy (non-hydrogen) atoms. The zero-order chi connectivity index (χ0) is 23.5. The topological polar surface area (TPSA) is 79.7 Å². The summed E-state index contributed by atoms with van der Waals surface area (Å²) in [5, 5.41) is 11.2. The molecule has 1 aliphatic rings. The Hall–Kier alpha value is -3.93. The van der Waals surface area contributed by atoms with Gasteiger partial charge in [0.2, 0.25) is 0 Å². The number of rotatable bonds is 6. The van der Waals surface area contributed by atoms with Crippen molar-refractivity contribution in [1.29, 1.82) is 0 Å². The maximum atomic E-state index is 13.2. The van der Waals surface area contributed by atoms with Gasteiger partial charge in [0, 0.05) is 11.8 Å². The lowest BCUT2D eigenvalue weighted by atomic mass is 9.92. The van der Waals surface area contributed by atoms with Gasteiger partial charge in [-0.15, -0.1) is 0 Å². The first-order valence-electron chi connectivity index (χ1n) is 10.9. The van der Waals surface area contributed by atoms with Crippen LogP contribution < -0.4 is 4.74 Å². The molecule has 0 radical (unpaired) electrons. The molecule has 1 atom stereocenters. The number of nitrogens with zero attached hydrogens (tertiary/aromatic N) is 2. The van der Waals surface area contributed by atoms with Crippen LogP contribution in [0.2, 0.25) is 0 Å². The minimum absolute atomic E-state index is 0.0161. The summed E-state index contributed by atoms with van der Waals surface area (Å²) in [4.78, 5) is 32.1. The molecule has 3 aromatic rings. The van der Waals surface area contributed by atoms with Crippen molar-refractivity contribution in [2.45, 2.75) is 39.5 Å². The number of ketones is 1. The van der Waals surface area contributed by atoms with E-state index in [-0.39, 0.29) is 24.0 Å². The SMILES string of the molecule is Cc1ccccc1C1/C(=C(\O)c2ccc(OC(C)C)cc2)C(=O)C(=O)N1Cc1ccccn1. The summed E-state index contributed by atoms with van der Waals surface area (Å²) in [5.74, 6) is -0.914. The van der Waals surface area contributed by atoms with Gasteiger partial charge in [0.15, 0.2) is 0 Å². The Morgan fingerprint density at radius 3 is 2.36 bits per heavy atom. The first-order chi connectivity index (χ1) is 15.9. The molecule has 0 saturated carbocycles. The van der Waals surface area contributed by atoms with Gasteiger partial charge in [-0.05, 0) is 68.3 Å². The molecule has 4 rings (SSSR count). The molecule has 2 heterocycles. The van der Waals surface area contributed by atoms with Crippen molar-refractivity contribution in [3.63, 3.8) is 0 Å². The molecule has 168 valence electrons. The smallest absolute Gasteiger partial charge is 0.296 e. The Morgan fingerprint density at radius 1 is 1.03 bits per heavy atom. The lowest BCUT2D eigenvalue weighted by Gasteiger charge is -2.26. The summed E-state index contributed by atoms with van der Waals surface area (Å²) < 4.78 is 5.67. The highest BCUT2D eigenvalue weighted by Crippen LogP contribution is 2.41. The van der Waals surface area contributed by atoms with Crippen LogP contribution in [0, 0.1) is 6.92 Å². The van der Waals surface area contributed by atoms with Crippen LogP contribution in [0.5, 0.6) is 5.75 Å². The van der Waals surface area contributed by atoms with Gasteiger partial charge in [0.25, 0.3) is 11.7 Å². The van der Waals surface area contributed by atoms with E-state index >= 15 is 0 Å². The van der Waals surface area contributed by atoms with Gasteiger partial charge in [-0.2, -0.15) is 0 Å². The Bertz CT molecular complexity index is 1200. The number of hydrogen-bond donors (Lipinski definition) is 1. The number of Topliss-reactive ketones (excluding diaryl/α,β-unsaturated/α-hetero) is 1. The summed E-state index contributed by atoms with van der Waals surface area (Å²) >= 11 is 0. The van der Waals surface area contributed by atoms with Gasteiger partial charge in [-0.1, -0.05) is 30.3 Å². The lowest BCUT2D eigenvalue weighted by molar-refractivity contribution is -0.140. The molecular formula is C27H26N2O4. The predicted molar refractivity (Wildman–Crippen MR) is 125 cm³/mol. The van der Waals surface area contributed by atoms with E-state index < -0.39 is 17.7 Å². The minimum atomic E-state index is -0.722. The number of carbonyl (C=O) groups is 2. The molecule has 6 nitrogen and oxygen atoms in total. The summed E-state index contributed by atoms with van der Waals surface area (Å²) in [6, 6.07) is 19.1. The normalized spacial score (nSPS) is 17.6. The monoisotopic (exact) mass is 442 g/mol. The lowest BCUT2D eigenvalue weighted by Crippen LogP contribution is -2.29. The van der Waals surface area contributed by atoms with Crippen molar-refractivity contribution < 1.29 is 19.4 Å². The number of aliphatic hydroxyl groups excluding tert-OH is 1. The van der Waals surface area contributed by atoms with E-state index in [1.807, 2.05) is 57.2 Å². The predicted octanol–water partition coefficient (Wildman–Crippen LogP) is 4.80. The molecule has 1 unspecified atom stereocenters.